The van der Waals surface area contributed by atoms with Crippen molar-refractivity contribution in [1.29, 1.82) is 5.26 Å². The molecule has 0 aliphatic carbocycles. The summed E-state index contributed by atoms with van der Waals surface area (Å²) < 4.78 is 40.8. The lowest BCUT2D eigenvalue weighted by atomic mass is 9.97. The number of halogens is 1. The molecule has 0 radical (unpaired) electrons. The highest BCUT2D eigenvalue weighted by molar-refractivity contribution is 7.89. The molecule has 1 N–H and O–H groups in total. The first-order valence-corrected chi connectivity index (χ1v) is 10.2. The molecule has 0 saturated carbocycles. The molecule has 142 valence electrons. The molecule has 0 atom stereocenters. The van der Waals surface area contributed by atoms with Gasteiger partial charge < -0.3 is 4.90 Å². The van der Waals surface area contributed by atoms with Crippen LogP contribution in [0, 0.1) is 30.0 Å². The van der Waals surface area contributed by atoms with Gasteiger partial charge in [0, 0.05) is 25.8 Å². The third-order valence-electron chi connectivity index (χ3n) is 4.82. The minimum absolute atomic E-state index is 0.0750. The van der Waals surface area contributed by atoms with Gasteiger partial charge in [0.15, 0.2) is 0 Å². The van der Waals surface area contributed by atoms with E-state index in [0.717, 1.165) is 12.8 Å². The molecule has 1 aromatic heterocycles. The van der Waals surface area contributed by atoms with E-state index in [4.69, 9.17) is 0 Å². The van der Waals surface area contributed by atoms with Crippen molar-refractivity contribution < 1.29 is 12.8 Å². The normalized spacial score (nSPS) is 15.5. The van der Waals surface area contributed by atoms with Crippen LogP contribution in [0.3, 0.4) is 0 Å². The largest absolute Gasteiger partial charge is 0.356 e. The van der Waals surface area contributed by atoms with Crippen molar-refractivity contribution in [3.8, 4) is 6.07 Å². The zero-order valence-electron chi connectivity index (χ0n) is 15.0. The summed E-state index contributed by atoms with van der Waals surface area (Å²) in [6.45, 7) is 3.30. The number of nitriles is 1. The Morgan fingerprint density at radius 2 is 2.07 bits per heavy atom. The molecule has 0 spiro atoms. The Labute approximate surface area is 158 Å². The van der Waals surface area contributed by atoms with Crippen LogP contribution in [0.1, 0.15) is 24.0 Å². The number of aromatic nitrogens is 1. The third-order valence-corrected chi connectivity index (χ3v) is 6.24. The molecule has 1 saturated heterocycles. The van der Waals surface area contributed by atoms with Crippen molar-refractivity contribution in [1.82, 2.24) is 9.71 Å². The van der Waals surface area contributed by atoms with E-state index < -0.39 is 15.8 Å². The van der Waals surface area contributed by atoms with Gasteiger partial charge in [-0.15, -0.1) is 0 Å². The molecular weight excluding hydrogens is 367 g/mol. The fourth-order valence-corrected chi connectivity index (χ4v) is 4.38. The predicted molar refractivity (Wildman–Crippen MR) is 100 cm³/mol. The highest BCUT2D eigenvalue weighted by Gasteiger charge is 2.24. The van der Waals surface area contributed by atoms with Crippen LogP contribution in [-0.4, -0.2) is 33.0 Å². The lowest BCUT2D eigenvalue weighted by Crippen LogP contribution is -2.39. The zero-order valence-corrected chi connectivity index (χ0v) is 15.8. The molecule has 1 aliphatic rings. The highest BCUT2D eigenvalue weighted by Crippen LogP contribution is 2.24. The molecule has 8 heteroatoms. The number of piperidine rings is 1. The van der Waals surface area contributed by atoms with Crippen molar-refractivity contribution >= 4 is 15.8 Å². The fourth-order valence-electron chi connectivity index (χ4n) is 3.18. The Balaban J connectivity index is 1.58. The van der Waals surface area contributed by atoms with Crippen LogP contribution in [0.2, 0.25) is 0 Å². The van der Waals surface area contributed by atoms with Gasteiger partial charge in [-0.25, -0.2) is 22.5 Å². The second-order valence-corrected chi connectivity index (χ2v) is 8.45. The molecule has 6 nitrogen and oxygen atoms in total. The minimum atomic E-state index is -3.66. The van der Waals surface area contributed by atoms with Crippen molar-refractivity contribution in [3.63, 3.8) is 0 Å². The van der Waals surface area contributed by atoms with Crippen LogP contribution in [0.25, 0.3) is 0 Å². The molecule has 0 bridgehead atoms. The molecule has 1 aromatic carbocycles. The predicted octanol–water partition coefficient (Wildman–Crippen LogP) is 2.60. The topological polar surface area (TPSA) is 86.1 Å². The molecule has 1 aliphatic heterocycles. The maximum Gasteiger partial charge on any atom is 0.240 e. The lowest BCUT2D eigenvalue weighted by Gasteiger charge is -2.33. The van der Waals surface area contributed by atoms with E-state index in [1.54, 1.807) is 18.3 Å². The van der Waals surface area contributed by atoms with E-state index >= 15 is 0 Å². The molecule has 2 aromatic rings. The van der Waals surface area contributed by atoms with Crippen LogP contribution < -0.4 is 9.62 Å². The lowest BCUT2D eigenvalue weighted by molar-refractivity contribution is 0.400. The van der Waals surface area contributed by atoms with Gasteiger partial charge in [0.05, 0.1) is 10.5 Å². The number of hydrogen-bond donors (Lipinski definition) is 1. The van der Waals surface area contributed by atoms with Gasteiger partial charge in [0.1, 0.15) is 17.7 Å². The van der Waals surface area contributed by atoms with E-state index in [9.17, 15) is 18.1 Å². The average Bonchev–Trinajstić information content (AvgIpc) is 2.69. The number of anilines is 1. The molecule has 2 heterocycles. The Bertz CT molecular complexity index is 964. The number of nitrogens with zero attached hydrogens (tertiary/aromatic N) is 3. The van der Waals surface area contributed by atoms with E-state index in [1.807, 2.05) is 0 Å². The molecule has 1 fully saturated rings. The van der Waals surface area contributed by atoms with Crippen LogP contribution >= 0.6 is 0 Å². The van der Waals surface area contributed by atoms with Gasteiger partial charge in [0.25, 0.3) is 0 Å². The summed E-state index contributed by atoms with van der Waals surface area (Å²) in [6.07, 6.45) is 3.26. The van der Waals surface area contributed by atoms with Crippen molar-refractivity contribution in [3.05, 3.63) is 53.5 Å². The number of sulfonamides is 1. The maximum atomic E-state index is 13.3. The van der Waals surface area contributed by atoms with Crippen molar-refractivity contribution in [2.24, 2.45) is 5.92 Å². The van der Waals surface area contributed by atoms with Gasteiger partial charge in [-0.3, -0.25) is 0 Å². The smallest absolute Gasteiger partial charge is 0.240 e. The average molecular weight is 388 g/mol. The summed E-state index contributed by atoms with van der Waals surface area (Å²) in [5, 5.41) is 9.20. The van der Waals surface area contributed by atoms with Gasteiger partial charge in [0.2, 0.25) is 10.0 Å². The zero-order chi connectivity index (χ0) is 19.4. The quantitative estimate of drug-likeness (QED) is 0.851. The molecular formula is C19H21FN4O2S. The Morgan fingerprint density at radius 3 is 2.74 bits per heavy atom. The first-order valence-electron chi connectivity index (χ1n) is 8.76. The Hall–Kier alpha value is -2.50. The first kappa shape index (κ1) is 19.3. The van der Waals surface area contributed by atoms with Crippen molar-refractivity contribution in [2.75, 3.05) is 24.5 Å². The van der Waals surface area contributed by atoms with Crippen LogP contribution in [0.4, 0.5) is 10.2 Å². The summed E-state index contributed by atoms with van der Waals surface area (Å²) in [6, 6.07) is 9.42. The van der Waals surface area contributed by atoms with Crippen molar-refractivity contribution in [2.45, 2.75) is 24.7 Å². The second kappa shape index (κ2) is 8.03. The van der Waals surface area contributed by atoms with Gasteiger partial charge in [-0.05, 0) is 61.6 Å². The summed E-state index contributed by atoms with van der Waals surface area (Å²) in [5.41, 5.74) is 0.846. The van der Waals surface area contributed by atoms with Gasteiger partial charge >= 0.3 is 0 Å². The molecule has 0 unspecified atom stereocenters. The highest BCUT2D eigenvalue weighted by atomic mass is 32.2. The molecule has 3 rings (SSSR count). The number of hydrogen-bond acceptors (Lipinski definition) is 5. The number of pyridine rings is 1. The molecule has 0 amide bonds. The van der Waals surface area contributed by atoms with E-state index in [1.165, 1.54) is 25.1 Å². The molecule has 27 heavy (non-hydrogen) atoms. The van der Waals surface area contributed by atoms with Gasteiger partial charge in [-0.2, -0.15) is 5.26 Å². The fraction of sp³-hybridized carbons (Fsp3) is 0.368. The first-order chi connectivity index (χ1) is 12.9. The number of nitrogens with one attached hydrogen (secondary N) is 1. The van der Waals surface area contributed by atoms with Crippen LogP contribution in [0.5, 0.6) is 0 Å². The standard InChI is InChI=1S/C19H21FN4O2S/c1-14-11-17(4-5-18(14)20)27(25,26)23-13-15-6-9-24(10-7-15)19-16(12-21)3-2-8-22-19/h2-5,8,11,15,23H,6-7,9-10,13H2,1H3. The van der Waals surface area contributed by atoms with E-state index in [0.29, 0.717) is 36.6 Å². The van der Waals surface area contributed by atoms with Crippen LogP contribution in [0.15, 0.2) is 41.4 Å². The maximum absolute atomic E-state index is 13.3. The SMILES string of the molecule is Cc1cc(S(=O)(=O)NCC2CCN(c3ncccc3C#N)CC2)ccc1F. The van der Waals surface area contributed by atoms with E-state index in [-0.39, 0.29) is 10.8 Å². The Morgan fingerprint density at radius 1 is 1.33 bits per heavy atom. The third kappa shape index (κ3) is 4.43. The van der Waals surface area contributed by atoms with Gasteiger partial charge in [-0.1, -0.05) is 0 Å². The number of rotatable bonds is 5. The second-order valence-electron chi connectivity index (χ2n) is 6.68. The number of aryl methyl sites for hydroxylation is 1. The Kier molecular flexibility index (Phi) is 5.73. The van der Waals surface area contributed by atoms with E-state index in [2.05, 4.69) is 20.7 Å². The summed E-state index contributed by atoms with van der Waals surface area (Å²) in [4.78, 5) is 6.44. The van der Waals surface area contributed by atoms with Crippen LogP contribution in [-0.2, 0) is 10.0 Å². The summed E-state index contributed by atoms with van der Waals surface area (Å²) in [7, 11) is -3.66. The number of benzene rings is 1. The minimum Gasteiger partial charge on any atom is -0.356 e. The monoisotopic (exact) mass is 388 g/mol. The summed E-state index contributed by atoms with van der Waals surface area (Å²) in [5.74, 6) is 0.459. The summed E-state index contributed by atoms with van der Waals surface area (Å²) >= 11 is 0.